The highest BCUT2D eigenvalue weighted by atomic mass is 32.2. The average molecular weight is 305 g/mol. The third-order valence-corrected chi connectivity index (χ3v) is 5.27. The van der Waals surface area contributed by atoms with Crippen LogP contribution in [0.5, 0.6) is 0 Å². The normalized spacial score (nSPS) is 14.9. The van der Waals surface area contributed by atoms with E-state index in [1.165, 1.54) is 18.2 Å². The standard InChI is InChI=1S/C15H12FNO3S/c16-12-6-2-4-8-15(12)21(19,20)17-10-9-14(18)11-5-1-3-7-13(11)17/h1-8H,9-10H2. The Labute approximate surface area is 121 Å². The van der Waals surface area contributed by atoms with Crippen molar-refractivity contribution in [1.82, 2.24) is 0 Å². The number of halogens is 1. The van der Waals surface area contributed by atoms with E-state index in [1.54, 1.807) is 24.3 Å². The van der Waals surface area contributed by atoms with E-state index in [4.69, 9.17) is 0 Å². The molecule has 21 heavy (non-hydrogen) atoms. The number of carbonyl (C=O) groups excluding carboxylic acids is 1. The van der Waals surface area contributed by atoms with E-state index in [0.29, 0.717) is 11.3 Å². The molecule has 0 atom stereocenters. The lowest BCUT2D eigenvalue weighted by Crippen LogP contribution is -2.37. The van der Waals surface area contributed by atoms with E-state index in [1.807, 2.05) is 0 Å². The Morgan fingerprint density at radius 3 is 2.43 bits per heavy atom. The molecule has 0 unspecified atom stereocenters. The van der Waals surface area contributed by atoms with Crippen LogP contribution in [0.4, 0.5) is 10.1 Å². The van der Waals surface area contributed by atoms with Crippen LogP contribution >= 0.6 is 0 Å². The molecule has 4 nitrogen and oxygen atoms in total. The number of fused-ring (bicyclic) bond motifs is 1. The number of benzene rings is 2. The number of carbonyl (C=O) groups is 1. The molecular formula is C15H12FNO3S. The fourth-order valence-corrected chi connectivity index (χ4v) is 3.96. The molecule has 0 saturated heterocycles. The molecular weight excluding hydrogens is 293 g/mol. The zero-order valence-corrected chi connectivity index (χ0v) is 11.8. The largest absolute Gasteiger partial charge is 0.294 e. The lowest BCUT2D eigenvalue weighted by molar-refractivity contribution is 0.0982. The maximum atomic E-state index is 13.8. The molecule has 0 bridgehead atoms. The minimum atomic E-state index is -4.02. The number of Topliss-reactive ketones (excluding diaryl/α,β-unsaturated/α-hetero) is 1. The Morgan fingerprint density at radius 2 is 1.67 bits per heavy atom. The summed E-state index contributed by atoms with van der Waals surface area (Å²) in [4.78, 5) is 11.5. The highest BCUT2D eigenvalue weighted by Crippen LogP contribution is 2.32. The van der Waals surface area contributed by atoms with Crippen molar-refractivity contribution in [2.75, 3.05) is 10.8 Å². The van der Waals surface area contributed by atoms with Crippen molar-refractivity contribution in [3.63, 3.8) is 0 Å². The van der Waals surface area contributed by atoms with Crippen LogP contribution in [0, 0.1) is 5.82 Å². The van der Waals surface area contributed by atoms with Gasteiger partial charge in [-0.1, -0.05) is 24.3 Å². The van der Waals surface area contributed by atoms with Gasteiger partial charge in [-0.15, -0.1) is 0 Å². The first kappa shape index (κ1) is 13.8. The Kier molecular flexibility index (Phi) is 3.25. The number of rotatable bonds is 2. The van der Waals surface area contributed by atoms with Crippen molar-refractivity contribution < 1.29 is 17.6 Å². The maximum absolute atomic E-state index is 13.8. The molecule has 108 valence electrons. The zero-order valence-electron chi connectivity index (χ0n) is 11.0. The van der Waals surface area contributed by atoms with Gasteiger partial charge in [0.05, 0.1) is 5.69 Å². The lowest BCUT2D eigenvalue weighted by Gasteiger charge is -2.29. The van der Waals surface area contributed by atoms with Crippen molar-refractivity contribution in [2.45, 2.75) is 11.3 Å². The number of ketones is 1. The van der Waals surface area contributed by atoms with E-state index in [9.17, 15) is 17.6 Å². The molecule has 2 aromatic carbocycles. The molecule has 3 rings (SSSR count). The summed E-state index contributed by atoms with van der Waals surface area (Å²) in [5, 5.41) is 0. The molecule has 0 aliphatic carbocycles. The van der Waals surface area contributed by atoms with Crippen LogP contribution in [-0.2, 0) is 10.0 Å². The molecule has 1 heterocycles. The smallest absolute Gasteiger partial charge is 0.267 e. The third-order valence-electron chi connectivity index (χ3n) is 3.42. The number of sulfonamides is 1. The summed E-state index contributed by atoms with van der Waals surface area (Å²) in [7, 11) is -4.02. The molecule has 0 aromatic heterocycles. The molecule has 1 aliphatic rings. The van der Waals surface area contributed by atoms with Crippen molar-refractivity contribution in [2.24, 2.45) is 0 Å². The van der Waals surface area contributed by atoms with Gasteiger partial charge in [0.1, 0.15) is 10.7 Å². The van der Waals surface area contributed by atoms with Crippen molar-refractivity contribution >= 4 is 21.5 Å². The van der Waals surface area contributed by atoms with Gasteiger partial charge in [-0.05, 0) is 24.3 Å². The Balaban J connectivity index is 2.16. The van der Waals surface area contributed by atoms with Crippen molar-refractivity contribution in [3.8, 4) is 0 Å². The van der Waals surface area contributed by atoms with E-state index in [-0.39, 0.29) is 23.6 Å². The van der Waals surface area contributed by atoms with Crippen LogP contribution < -0.4 is 4.31 Å². The van der Waals surface area contributed by atoms with Gasteiger partial charge in [0.15, 0.2) is 5.78 Å². The van der Waals surface area contributed by atoms with E-state index in [2.05, 4.69) is 0 Å². The predicted molar refractivity (Wildman–Crippen MR) is 76.3 cm³/mol. The molecule has 0 N–H and O–H groups in total. The molecule has 0 spiro atoms. The second-order valence-corrected chi connectivity index (χ2v) is 6.53. The van der Waals surface area contributed by atoms with E-state index >= 15 is 0 Å². The number of hydrogen-bond acceptors (Lipinski definition) is 3. The molecule has 0 amide bonds. The molecule has 0 fully saturated rings. The molecule has 2 aromatic rings. The number of nitrogens with zero attached hydrogens (tertiary/aromatic N) is 1. The van der Waals surface area contributed by atoms with Crippen LogP contribution in [0.25, 0.3) is 0 Å². The fraction of sp³-hybridized carbons (Fsp3) is 0.133. The van der Waals surface area contributed by atoms with Gasteiger partial charge >= 0.3 is 0 Å². The fourth-order valence-electron chi connectivity index (χ4n) is 2.41. The third kappa shape index (κ3) is 2.21. The summed E-state index contributed by atoms with van der Waals surface area (Å²) in [6.07, 6.45) is 0.0880. The molecule has 0 radical (unpaired) electrons. The first-order valence-corrected chi connectivity index (χ1v) is 7.85. The zero-order chi connectivity index (χ0) is 15.0. The topological polar surface area (TPSA) is 54.5 Å². The SMILES string of the molecule is O=C1CCN(S(=O)(=O)c2ccccc2F)c2ccccc21. The van der Waals surface area contributed by atoms with E-state index in [0.717, 1.165) is 10.4 Å². The molecule has 0 saturated carbocycles. The van der Waals surface area contributed by atoms with Gasteiger partial charge in [-0.25, -0.2) is 12.8 Å². The predicted octanol–water partition coefficient (Wildman–Crippen LogP) is 2.61. The second-order valence-electron chi connectivity index (χ2n) is 4.70. The van der Waals surface area contributed by atoms with Gasteiger partial charge in [-0.3, -0.25) is 9.10 Å². The lowest BCUT2D eigenvalue weighted by atomic mass is 10.0. The van der Waals surface area contributed by atoms with Crippen LogP contribution in [0.15, 0.2) is 53.4 Å². The Bertz CT molecular complexity index is 817. The summed E-state index contributed by atoms with van der Waals surface area (Å²) in [5.74, 6) is -0.905. The van der Waals surface area contributed by atoms with Crippen LogP contribution in [0.1, 0.15) is 16.8 Å². The Morgan fingerprint density at radius 1 is 1.00 bits per heavy atom. The minimum Gasteiger partial charge on any atom is -0.294 e. The van der Waals surface area contributed by atoms with Crippen LogP contribution in [-0.4, -0.2) is 20.7 Å². The van der Waals surface area contributed by atoms with Crippen LogP contribution in [0.2, 0.25) is 0 Å². The maximum Gasteiger partial charge on any atom is 0.267 e. The highest BCUT2D eigenvalue weighted by Gasteiger charge is 2.33. The van der Waals surface area contributed by atoms with Gasteiger partial charge in [0.25, 0.3) is 10.0 Å². The van der Waals surface area contributed by atoms with Gasteiger partial charge in [0, 0.05) is 18.5 Å². The number of hydrogen-bond donors (Lipinski definition) is 0. The minimum absolute atomic E-state index is 0.0204. The monoisotopic (exact) mass is 305 g/mol. The first-order chi connectivity index (χ1) is 10.0. The summed E-state index contributed by atoms with van der Waals surface area (Å²) >= 11 is 0. The summed E-state index contributed by atoms with van der Waals surface area (Å²) in [6, 6.07) is 11.7. The van der Waals surface area contributed by atoms with Crippen LogP contribution in [0.3, 0.4) is 0 Å². The highest BCUT2D eigenvalue weighted by molar-refractivity contribution is 7.92. The average Bonchev–Trinajstić information content (AvgIpc) is 2.48. The van der Waals surface area contributed by atoms with E-state index < -0.39 is 15.8 Å². The molecule has 1 aliphatic heterocycles. The first-order valence-electron chi connectivity index (χ1n) is 6.41. The summed E-state index contributed by atoms with van der Waals surface area (Å²) in [5.41, 5.74) is 0.653. The van der Waals surface area contributed by atoms with Crippen molar-refractivity contribution in [1.29, 1.82) is 0 Å². The van der Waals surface area contributed by atoms with Gasteiger partial charge < -0.3 is 0 Å². The van der Waals surface area contributed by atoms with Gasteiger partial charge in [-0.2, -0.15) is 0 Å². The molecule has 6 heteroatoms. The quantitative estimate of drug-likeness (QED) is 0.857. The van der Waals surface area contributed by atoms with Gasteiger partial charge in [0.2, 0.25) is 0 Å². The number of para-hydroxylation sites is 1. The second kappa shape index (κ2) is 4.96. The van der Waals surface area contributed by atoms with Crippen molar-refractivity contribution in [3.05, 3.63) is 59.9 Å². The number of anilines is 1. The summed E-state index contributed by atoms with van der Waals surface area (Å²) < 4.78 is 40.2. The Hall–Kier alpha value is -2.21. The summed E-state index contributed by atoms with van der Waals surface area (Å²) in [6.45, 7) is 0.0204.